The SMILES string of the molecule is CC(C)N1C(=O)CO[C@H]2CN(S(C)(=O)=O)C[C@H]21. The minimum absolute atomic E-state index is 0.0525. The predicted octanol–water partition coefficient (Wildman–Crippen LogP) is -0.734. The molecular weight excluding hydrogens is 244 g/mol. The number of fused-ring (bicyclic) bond motifs is 1. The number of ether oxygens (including phenoxy) is 1. The molecule has 0 saturated carbocycles. The summed E-state index contributed by atoms with van der Waals surface area (Å²) in [4.78, 5) is 13.5. The lowest BCUT2D eigenvalue weighted by molar-refractivity contribution is -0.155. The van der Waals surface area contributed by atoms with Gasteiger partial charge < -0.3 is 9.64 Å². The largest absolute Gasteiger partial charge is 0.365 e. The highest BCUT2D eigenvalue weighted by atomic mass is 32.2. The Morgan fingerprint density at radius 2 is 2.00 bits per heavy atom. The van der Waals surface area contributed by atoms with Gasteiger partial charge in [-0.15, -0.1) is 0 Å². The van der Waals surface area contributed by atoms with Gasteiger partial charge >= 0.3 is 0 Å². The van der Waals surface area contributed by atoms with Gasteiger partial charge in [-0.3, -0.25) is 4.79 Å². The van der Waals surface area contributed by atoms with Crippen LogP contribution in [0.4, 0.5) is 0 Å². The zero-order valence-electron chi connectivity index (χ0n) is 10.3. The average molecular weight is 262 g/mol. The summed E-state index contributed by atoms with van der Waals surface area (Å²) in [6.45, 7) is 4.61. The molecule has 0 radical (unpaired) electrons. The fourth-order valence-corrected chi connectivity index (χ4v) is 3.37. The van der Waals surface area contributed by atoms with Crippen LogP contribution in [0.25, 0.3) is 0 Å². The number of nitrogens with zero attached hydrogens (tertiary/aromatic N) is 2. The van der Waals surface area contributed by atoms with Crippen LogP contribution in [0.15, 0.2) is 0 Å². The summed E-state index contributed by atoms with van der Waals surface area (Å²) in [5.41, 5.74) is 0. The number of hydrogen-bond acceptors (Lipinski definition) is 4. The van der Waals surface area contributed by atoms with Gasteiger partial charge in [0.25, 0.3) is 0 Å². The van der Waals surface area contributed by atoms with E-state index in [9.17, 15) is 13.2 Å². The zero-order chi connectivity index (χ0) is 12.8. The van der Waals surface area contributed by atoms with E-state index in [-0.39, 0.29) is 30.7 Å². The third kappa shape index (κ3) is 2.31. The van der Waals surface area contributed by atoms with Gasteiger partial charge in [-0.2, -0.15) is 4.31 Å². The molecule has 0 aromatic rings. The number of carbonyl (C=O) groups excluding carboxylic acids is 1. The van der Waals surface area contributed by atoms with E-state index in [0.717, 1.165) is 0 Å². The second-order valence-electron chi connectivity index (χ2n) is 4.89. The number of morpholine rings is 1. The lowest BCUT2D eigenvalue weighted by Crippen LogP contribution is -2.56. The highest BCUT2D eigenvalue weighted by Gasteiger charge is 2.46. The fourth-order valence-electron chi connectivity index (χ4n) is 2.53. The van der Waals surface area contributed by atoms with E-state index >= 15 is 0 Å². The Morgan fingerprint density at radius 1 is 1.35 bits per heavy atom. The summed E-state index contributed by atoms with van der Waals surface area (Å²) in [5.74, 6) is -0.0587. The highest BCUT2D eigenvalue weighted by Crippen LogP contribution is 2.26. The Balaban J connectivity index is 2.21. The Kier molecular flexibility index (Phi) is 3.17. The van der Waals surface area contributed by atoms with Gasteiger partial charge in [0.1, 0.15) is 6.61 Å². The van der Waals surface area contributed by atoms with Crippen LogP contribution in [-0.2, 0) is 19.6 Å². The summed E-state index contributed by atoms with van der Waals surface area (Å²) in [5, 5.41) is 0. The van der Waals surface area contributed by atoms with E-state index in [4.69, 9.17) is 4.74 Å². The quantitative estimate of drug-likeness (QED) is 0.658. The van der Waals surface area contributed by atoms with Crippen molar-refractivity contribution < 1.29 is 17.9 Å². The van der Waals surface area contributed by atoms with Crippen molar-refractivity contribution in [1.82, 2.24) is 9.21 Å². The van der Waals surface area contributed by atoms with Crippen molar-refractivity contribution in [2.75, 3.05) is 26.0 Å². The van der Waals surface area contributed by atoms with Crippen LogP contribution >= 0.6 is 0 Å². The van der Waals surface area contributed by atoms with Crippen molar-refractivity contribution in [3.63, 3.8) is 0 Å². The molecule has 2 rings (SSSR count). The normalized spacial score (nSPS) is 31.1. The lowest BCUT2D eigenvalue weighted by atomic mass is 10.1. The number of rotatable bonds is 2. The van der Waals surface area contributed by atoms with E-state index < -0.39 is 10.0 Å². The fraction of sp³-hybridized carbons (Fsp3) is 0.900. The molecule has 1 amide bonds. The molecule has 2 saturated heterocycles. The average Bonchev–Trinajstić information content (AvgIpc) is 2.59. The maximum Gasteiger partial charge on any atom is 0.249 e. The van der Waals surface area contributed by atoms with Crippen molar-refractivity contribution in [3.05, 3.63) is 0 Å². The first-order chi connectivity index (χ1) is 7.80. The maximum absolute atomic E-state index is 11.8. The van der Waals surface area contributed by atoms with Gasteiger partial charge in [0, 0.05) is 19.1 Å². The molecule has 2 heterocycles. The number of amides is 1. The van der Waals surface area contributed by atoms with Crippen LogP contribution in [0, 0.1) is 0 Å². The van der Waals surface area contributed by atoms with Crippen molar-refractivity contribution >= 4 is 15.9 Å². The third-order valence-electron chi connectivity index (χ3n) is 3.29. The first-order valence-electron chi connectivity index (χ1n) is 5.68. The molecule has 98 valence electrons. The third-order valence-corrected chi connectivity index (χ3v) is 4.53. The molecule has 0 aromatic carbocycles. The first kappa shape index (κ1) is 12.8. The van der Waals surface area contributed by atoms with E-state index in [2.05, 4.69) is 0 Å². The Hall–Kier alpha value is -0.660. The number of sulfonamides is 1. The molecule has 0 aliphatic carbocycles. The zero-order valence-corrected chi connectivity index (χ0v) is 11.1. The standard InChI is InChI=1S/C10H18N2O4S/c1-7(2)12-8-4-11(17(3,14)15)5-9(8)16-6-10(12)13/h7-9H,4-6H2,1-3H3/t8-,9+/m1/s1. The molecule has 0 N–H and O–H groups in total. The molecule has 0 spiro atoms. The van der Waals surface area contributed by atoms with Crippen molar-refractivity contribution in [3.8, 4) is 0 Å². The van der Waals surface area contributed by atoms with Gasteiger partial charge in [0.15, 0.2) is 0 Å². The van der Waals surface area contributed by atoms with E-state index in [0.29, 0.717) is 13.1 Å². The Bertz CT molecular complexity index is 420. The van der Waals surface area contributed by atoms with E-state index in [1.165, 1.54) is 10.6 Å². The van der Waals surface area contributed by atoms with Gasteiger partial charge in [-0.25, -0.2) is 8.42 Å². The molecular formula is C10H18N2O4S. The van der Waals surface area contributed by atoms with Crippen LogP contribution in [0.1, 0.15) is 13.8 Å². The molecule has 0 bridgehead atoms. The minimum atomic E-state index is -3.21. The van der Waals surface area contributed by atoms with Crippen LogP contribution in [0.5, 0.6) is 0 Å². The summed E-state index contributed by atoms with van der Waals surface area (Å²) in [6.07, 6.45) is 0.996. The van der Waals surface area contributed by atoms with Gasteiger partial charge in [-0.05, 0) is 13.8 Å². The van der Waals surface area contributed by atoms with Crippen molar-refractivity contribution in [1.29, 1.82) is 0 Å². The Labute approximate surface area is 102 Å². The first-order valence-corrected chi connectivity index (χ1v) is 7.53. The van der Waals surface area contributed by atoms with Crippen LogP contribution in [-0.4, -0.2) is 67.7 Å². The van der Waals surface area contributed by atoms with Crippen molar-refractivity contribution in [2.24, 2.45) is 0 Å². The summed E-state index contributed by atoms with van der Waals surface area (Å²) in [7, 11) is -3.21. The molecule has 7 heteroatoms. The van der Waals surface area contributed by atoms with Gasteiger partial charge in [0.2, 0.25) is 15.9 Å². The second kappa shape index (κ2) is 4.22. The van der Waals surface area contributed by atoms with E-state index in [1.54, 1.807) is 4.90 Å². The molecule has 2 aliphatic heterocycles. The van der Waals surface area contributed by atoms with Gasteiger partial charge in [0.05, 0.1) is 18.4 Å². The molecule has 0 aromatic heterocycles. The monoisotopic (exact) mass is 262 g/mol. The summed E-state index contributed by atoms with van der Waals surface area (Å²) in [6, 6.07) is -0.0793. The number of hydrogen-bond donors (Lipinski definition) is 0. The molecule has 0 unspecified atom stereocenters. The topological polar surface area (TPSA) is 66.9 Å². The maximum atomic E-state index is 11.8. The summed E-state index contributed by atoms with van der Waals surface area (Å²) < 4.78 is 29.8. The minimum Gasteiger partial charge on any atom is -0.365 e. The lowest BCUT2D eigenvalue weighted by Gasteiger charge is -2.39. The molecule has 2 fully saturated rings. The summed E-state index contributed by atoms with van der Waals surface area (Å²) >= 11 is 0. The second-order valence-corrected chi connectivity index (χ2v) is 6.87. The Morgan fingerprint density at radius 3 is 2.53 bits per heavy atom. The van der Waals surface area contributed by atoms with Crippen molar-refractivity contribution in [2.45, 2.75) is 32.0 Å². The van der Waals surface area contributed by atoms with E-state index in [1.807, 2.05) is 13.8 Å². The van der Waals surface area contributed by atoms with Gasteiger partial charge in [-0.1, -0.05) is 0 Å². The molecule has 2 atom stereocenters. The highest BCUT2D eigenvalue weighted by molar-refractivity contribution is 7.88. The molecule has 2 aliphatic rings. The predicted molar refractivity (Wildman–Crippen MR) is 61.9 cm³/mol. The van der Waals surface area contributed by atoms with Crippen LogP contribution in [0.2, 0.25) is 0 Å². The molecule has 6 nitrogen and oxygen atoms in total. The smallest absolute Gasteiger partial charge is 0.249 e. The van der Waals surface area contributed by atoms with Crippen LogP contribution in [0.3, 0.4) is 0 Å². The number of carbonyl (C=O) groups is 1. The molecule has 17 heavy (non-hydrogen) atoms. The van der Waals surface area contributed by atoms with Crippen LogP contribution < -0.4 is 0 Å².